The number of ether oxygens (including phenoxy) is 1. The van der Waals surface area contributed by atoms with Crippen molar-refractivity contribution in [1.82, 2.24) is 20.4 Å². The van der Waals surface area contributed by atoms with Crippen molar-refractivity contribution < 1.29 is 4.74 Å². The molecule has 2 N–H and O–H groups in total. The Morgan fingerprint density at radius 2 is 1.63 bits per heavy atom. The maximum absolute atomic E-state index is 5.49. The Morgan fingerprint density at radius 3 is 2.30 bits per heavy atom. The lowest BCUT2D eigenvalue weighted by atomic mass is 10.1. The summed E-state index contributed by atoms with van der Waals surface area (Å²) in [7, 11) is 5.69. The van der Waals surface area contributed by atoms with E-state index < -0.39 is 0 Å². The monoisotopic (exact) mass is 409 g/mol. The highest BCUT2D eigenvalue weighted by molar-refractivity contribution is 5.79. The molecule has 6 heteroatoms. The van der Waals surface area contributed by atoms with Gasteiger partial charge in [-0.2, -0.15) is 0 Å². The van der Waals surface area contributed by atoms with Gasteiger partial charge < -0.3 is 20.3 Å². The molecule has 0 aromatic heterocycles. The van der Waals surface area contributed by atoms with Crippen molar-refractivity contribution in [2.24, 2.45) is 4.99 Å². The highest BCUT2D eigenvalue weighted by Crippen LogP contribution is 2.19. The second-order valence-electron chi connectivity index (χ2n) is 7.99. The molecule has 3 rings (SSSR count). The van der Waals surface area contributed by atoms with Crippen LogP contribution in [0.2, 0.25) is 0 Å². The van der Waals surface area contributed by atoms with Crippen molar-refractivity contribution in [3.05, 3.63) is 64.7 Å². The quantitative estimate of drug-likeness (QED) is 0.544. The first kappa shape index (κ1) is 22.1. The molecule has 1 heterocycles. The first-order chi connectivity index (χ1) is 14.6. The van der Waals surface area contributed by atoms with E-state index in [1.165, 1.54) is 16.7 Å². The van der Waals surface area contributed by atoms with Gasteiger partial charge in [0.15, 0.2) is 5.96 Å². The van der Waals surface area contributed by atoms with Crippen LogP contribution in [0.15, 0.2) is 47.5 Å². The molecular weight excluding hydrogens is 374 g/mol. The molecule has 2 aromatic carbocycles. The van der Waals surface area contributed by atoms with Gasteiger partial charge >= 0.3 is 0 Å². The third-order valence-corrected chi connectivity index (χ3v) is 5.60. The Balaban J connectivity index is 1.47. The van der Waals surface area contributed by atoms with Gasteiger partial charge in [0.25, 0.3) is 0 Å². The van der Waals surface area contributed by atoms with Gasteiger partial charge in [0.05, 0.1) is 7.11 Å². The Hall–Kier alpha value is -2.57. The highest BCUT2D eigenvalue weighted by Gasteiger charge is 2.13. The number of hydrogen-bond donors (Lipinski definition) is 2. The van der Waals surface area contributed by atoms with E-state index >= 15 is 0 Å². The van der Waals surface area contributed by atoms with Crippen LogP contribution in [0.3, 0.4) is 0 Å². The minimum Gasteiger partial charge on any atom is -0.496 e. The normalized spacial score (nSPS) is 15.8. The molecule has 0 saturated carbocycles. The summed E-state index contributed by atoms with van der Waals surface area (Å²) < 4.78 is 5.49. The molecule has 1 aliphatic heterocycles. The number of nitrogens with zero attached hydrogens (tertiary/aromatic N) is 3. The van der Waals surface area contributed by atoms with Crippen LogP contribution >= 0.6 is 0 Å². The molecular formula is C24H35N5O. The Kier molecular flexibility index (Phi) is 8.11. The summed E-state index contributed by atoms with van der Waals surface area (Å²) in [5.74, 6) is 1.67. The van der Waals surface area contributed by atoms with Crippen molar-refractivity contribution in [3.8, 4) is 5.75 Å². The maximum atomic E-state index is 5.49. The van der Waals surface area contributed by atoms with Crippen LogP contribution in [-0.2, 0) is 19.6 Å². The Morgan fingerprint density at radius 1 is 0.967 bits per heavy atom. The predicted octanol–water partition coefficient (Wildman–Crippen LogP) is 2.62. The fourth-order valence-corrected chi connectivity index (χ4v) is 3.61. The van der Waals surface area contributed by atoms with E-state index in [4.69, 9.17) is 4.74 Å². The van der Waals surface area contributed by atoms with Gasteiger partial charge in [-0.05, 0) is 36.7 Å². The number of guanidine groups is 1. The smallest absolute Gasteiger partial charge is 0.191 e. The van der Waals surface area contributed by atoms with E-state index in [1.807, 2.05) is 0 Å². The molecule has 2 aromatic rings. The van der Waals surface area contributed by atoms with Crippen molar-refractivity contribution in [2.75, 3.05) is 47.4 Å². The number of likely N-dealkylation sites (N-methyl/N-ethyl adjacent to an activating group) is 1. The molecule has 0 spiro atoms. The summed E-state index contributed by atoms with van der Waals surface area (Å²) in [6, 6.07) is 15.1. The van der Waals surface area contributed by atoms with Crippen LogP contribution in [0.25, 0.3) is 0 Å². The van der Waals surface area contributed by atoms with Crippen molar-refractivity contribution in [3.63, 3.8) is 0 Å². The lowest BCUT2D eigenvalue weighted by molar-refractivity contribution is 0.148. The van der Waals surface area contributed by atoms with E-state index in [2.05, 4.69) is 81.9 Å². The average Bonchev–Trinajstić information content (AvgIpc) is 2.77. The topological polar surface area (TPSA) is 52.1 Å². The fraction of sp³-hybridized carbons (Fsp3) is 0.458. The van der Waals surface area contributed by atoms with E-state index in [9.17, 15) is 0 Å². The first-order valence-electron chi connectivity index (χ1n) is 10.6. The Labute approximate surface area is 180 Å². The lowest BCUT2D eigenvalue weighted by Gasteiger charge is -2.32. The lowest BCUT2D eigenvalue weighted by Crippen LogP contribution is -2.43. The summed E-state index contributed by atoms with van der Waals surface area (Å²) in [4.78, 5) is 9.25. The first-order valence-corrected chi connectivity index (χ1v) is 10.6. The van der Waals surface area contributed by atoms with Crippen LogP contribution in [-0.4, -0.2) is 63.1 Å². The summed E-state index contributed by atoms with van der Waals surface area (Å²) in [6.07, 6.45) is 0. The van der Waals surface area contributed by atoms with Crippen LogP contribution in [0.5, 0.6) is 5.75 Å². The predicted molar refractivity (Wildman–Crippen MR) is 124 cm³/mol. The van der Waals surface area contributed by atoms with Crippen molar-refractivity contribution in [2.45, 2.75) is 26.6 Å². The van der Waals surface area contributed by atoms with E-state index in [0.29, 0.717) is 6.54 Å². The largest absolute Gasteiger partial charge is 0.496 e. The van der Waals surface area contributed by atoms with Gasteiger partial charge in [-0.1, -0.05) is 36.4 Å². The number of aliphatic imine (C=N–C) groups is 1. The molecule has 0 amide bonds. The molecule has 6 nitrogen and oxygen atoms in total. The molecule has 162 valence electrons. The van der Waals surface area contributed by atoms with E-state index in [0.717, 1.165) is 56.5 Å². The van der Waals surface area contributed by atoms with Gasteiger partial charge in [-0.25, -0.2) is 0 Å². The van der Waals surface area contributed by atoms with Gasteiger partial charge in [0.1, 0.15) is 5.75 Å². The maximum Gasteiger partial charge on any atom is 0.191 e. The number of rotatable bonds is 7. The van der Waals surface area contributed by atoms with Crippen LogP contribution < -0.4 is 15.4 Å². The molecule has 1 aliphatic rings. The van der Waals surface area contributed by atoms with E-state index in [1.54, 1.807) is 14.2 Å². The van der Waals surface area contributed by atoms with Gasteiger partial charge in [-0.15, -0.1) is 0 Å². The molecule has 1 fully saturated rings. The molecule has 1 saturated heterocycles. The summed E-state index contributed by atoms with van der Waals surface area (Å²) in [5, 5.41) is 6.76. The fourth-order valence-electron chi connectivity index (χ4n) is 3.61. The highest BCUT2D eigenvalue weighted by atomic mass is 16.5. The summed E-state index contributed by atoms with van der Waals surface area (Å²) in [5.41, 5.74) is 4.92. The van der Waals surface area contributed by atoms with Crippen molar-refractivity contribution in [1.29, 1.82) is 0 Å². The number of methoxy groups -OCH3 is 1. The number of hydrogen-bond acceptors (Lipinski definition) is 4. The average molecular weight is 410 g/mol. The molecule has 30 heavy (non-hydrogen) atoms. The molecule has 0 atom stereocenters. The zero-order valence-electron chi connectivity index (χ0n) is 18.7. The van der Waals surface area contributed by atoms with Crippen LogP contribution in [0.4, 0.5) is 0 Å². The summed E-state index contributed by atoms with van der Waals surface area (Å²) >= 11 is 0. The number of aryl methyl sites for hydroxylation is 1. The molecule has 0 bridgehead atoms. The van der Waals surface area contributed by atoms with E-state index in [-0.39, 0.29) is 0 Å². The number of piperazine rings is 1. The molecule has 0 aliphatic carbocycles. The van der Waals surface area contributed by atoms with Crippen LogP contribution in [0.1, 0.15) is 22.3 Å². The van der Waals surface area contributed by atoms with Crippen molar-refractivity contribution >= 4 is 5.96 Å². The standard InChI is InChI=1S/C24H35N5O/c1-19-5-10-22(23(15-19)30-4)17-27-24(25-2)26-16-20-6-8-21(9-7-20)18-29-13-11-28(3)12-14-29/h5-10,15H,11-14,16-18H2,1-4H3,(H2,25,26,27). The molecule has 0 radical (unpaired) electrons. The second-order valence-corrected chi connectivity index (χ2v) is 7.99. The summed E-state index contributed by atoms with van der Waals surface area (Å²) in [6.45, 7) is 9.10. The van der Waals surface area contributed by atoms with Gasteiger partial charge in [0.2, 0.25) is 0 Å². The Bertz CT molecular complexity index is 826. The third-order valence-electron chi connectivity index (χ3n) is 5.60. The SMILES string of the molecule is CN=C(NCc1ccc(CN2CCN(C)CC2)cc1)NCc1ccc(C)cc1OC. The second kappa shape index (κ2) is 11.0. The zero-order chi connectivity index (χ0) is 21.3. The van der Waals surface area contributed by atoms with Gasteiger partial charge in [0, 0.05) is 58.4 Å². The zero-order valence-corrected chi connectivity index (χ0v) is 18.7. The molecule has 0 unspecified atom stereocenters. The third kappa shape index (κ3) is 6.47. The number of nitrogens with one attached hydrogen (secondary N) is 2. The van der Waals surface area contributed by atoms with Gasteiger partial charge in [-0.3, -0.25) is 9.89 Å². The van der Waals surface area contributed by atoms with Crippen LogP contribution in [0, 0.1) is 6.92 Å². The number of benzene rings is 2. The minimum absolute atomic E-state index is 0.660. The minimum atomic E-state index is 0.660.